The van der Waals surface area contributed by atoms with Gasteiger partial charge in [0.05, 0.1) is 27.0 Å². The number of nitro groups is 1. The summed E-state index contributed by atoms with van der Waals surface area (Å²) in [7, 11) is 0. The fraction of sp³-hybridized carbons (Fsp3) is 0.455. The van der Waals surface area contributed by atoms with Crippen LogP contribution in [0.2, 0.25) is 5.02 Å². The number of rotatable bonds is 9. The van der Waals surface area contributed by atoms with Gasteiger partial charge in [0.15, 0.2) is 0 Å². The van der Waals surface area contributed by atoms with Crippen LogP contribution in [0.1, 0.15) is 32.6 Å². The van der Waals surface area contributed by atoms with Crippen molar-refractivity contribution in [1.82, 2.24) is 4.90 Å². The van der Waals surface area contributed by atoms with Crippen LogP contribution < -0.4 is 4.90 Å². The Hall–Kier alpha value is -2.51. The van der Waals surface area contributed by atoms with Gasteiger partial charge in [0.2, 0.25) is 0 Å². The summed E-state index contributed by atoms with van der Waals surface area (Å²) >= 11 is 6.52. The summed E-state index contributed by atoms with van der Waals surface area (Å²) < 4.78 is 0. The highest BCUT2D eigenvalue weighted by molar-refractivity contribution is 6.33. The minimum atomic E-state index is -0.439. The van der Waals surface area contributed by atoms with Crippen molar-refractivity contribution in [3.05, 3.63) is 57.6 Å². The van der Waals surface area contributed by atoms with Crippen molar-refractivity contribution in [3.63, 3.8) is 0 Å². The van der Waals surface area contributed by atoms with Crippen LogP contribution in [0.15, 0.2) is 52.7 Å². The highest BCUT2D eigenvalue weighted by Gasteiger charge is 2.18. The van der Waals surface area contributed by atoms with Gasteiger partial charge in [0, 0.05) is 38.3 Å². The highest BCUT2D eigenvalue weighted by Crippen LogP contribution is 2.31. The Bertz CT molecular complexity index is 864. The molecule has 0 atom stereocenters. The molecule has 1 aliphatic heterocycles. The zero-order valence-electron chi connectivity index (χ0n) is 17.3. The van der Waals surface area contributed by atoms with Gasteiger partial charge < -0.3 is 4.90 Å². The van der Waals surface area contributed by atoms with E-state index in [0.29, 0.717) is 16.4 Å². The molecule has 2 aromatic rings. The molecule has 3 rings (SSSR count). The van der Waals surface area contributed by atoms with E-state index in [4.69, 9.17) is 11.6 Å². The normalized spacial score (nSPS) is 15.1. The fourth-order valence-corrected chi connectivity index (χ4v) is 3.84. The quantitative estimate of drug-likeness (QED) is 0.201. The van der Waals surface area contributed by atoms with Crippen molar-refractivity contribution < 1.29 is 4.92 Å². The van der Waals surface area contributed by atoms with Gasteiger partial charge in [0.25, 0.3) is 5.69 Å². The summed E-state index contributed by atoms with van der Waals surface area (Å²) in [4.78, 5) is 15.1. The molecule has 8 heteroatoms. The zero-order chi connectivity index (χ0) is 21.3. The van der Waals surface area contributed by atoms with E-state index in [-0.39, 0.29) is 5.69 Å². The standard InChI is InChI=1S/C22H28ClN5O2/c1-2-3-4-5-12-26-13-15-27(16-14-26)22-11-8-19(17-21(22)23)25-24-18-6-9-20(10-7-18)28(29)30/h6-11,17H,2-5,12-16H2,1H3. The fourth-order valence-electron chi connectivity index (χ4n) is 3.55. The molecule has 2 aromatic carbocycles. The van der Waals surface area contributed by atoms with Crippen molar-refractivity contribution in [2.45, 2.75) is 32.6 Å². The molecule has 7 nitrogen and oxygen atoms in total. The lowest BCUT2D eigenvalue weighted by molar-refractivity contribution is -0.384. The van der Waals surface area contributed by atoms with Gasteiger partial charge in [0.1, 0.15) is 0 Å². The number of non-ortho nitro benzene ring substituents is 1. The van der Waals surface area contributed by atoms with E-state index < -0.39 is 4.92 Å². The number of hydrogen-bond donors (Lipinski definition) is 0. The molecule has 0 unspecified atom stereocenters. The van der Waals surface area contributed by atoms with Crippen LogP contribution in [-0.4, -0.2) is 42.5 Å². The molecule has 0 bridgehead atoms. The zero-order valence-corrected chi connectivity index (χ0v) is 18.1. The molecule has 1 fully saturated rings. The second-order valence-corrected chi connectivity index (χ2v) is 7.91. The highest BCUT2D eigenvalue weighted by atomic mass is 35.5. The number of azo groups is 1. The molecule has 0 radical (unpaired) electrons. The molecule has 0 saturated carbocycles. The summed E-state index contributed by atoms with van der Waals surface area (Å²) in [5, 5.41) is 19.7. The number of hydrogen-bond acceptors (Lipinski definition) is 6. The molecule has 160 valence electrons. The van der Waals surface area contributed by atoms with Gasteiger partial charge in [-0.25, -0.2) is 0 Å². The maximum Gasteiger partial charge on any atom is 0.269 e. The molecule has 0 amide bonds. The van der Waals surface area contributed by atoms with Crippen molar-refractivity contribution in [2.24, 2.45) is 10.2 Å². The third-order valence-electron chi connectivity index (χ3n) is 5.31. The van der Waals surface area contributed by atoms with Gasteiger partial charge in [-0.1, -0.05) is 37.8 Å². The lowest BCUT2D eigenvalue weighted by Crippen LogP contribution is -2.46. The van der Waals surface area contributed by atoms with E-state index in [0.717, 1.165) is 31.9 Å². The molecular formula is C22H28ClN5O2. The number of nitrogens with zero attached hydrogens (tertiary/aromatic N) is 5. The lowest BCUT2D eigenvalue weighted by atomic mass is 10.2. The summed E-state index contributed by atoms with van der Waals surface area (Å²) in [6.45, 7) is 7.48. The summed E-state index contributed by atoms with van der Waals surface area (Å²) in [5.41, 5.74) is 2.26. The first-order valence-electron chi connectivity index (χ1n) is 10.5. The molecule has 30 heavy (non-hydrogen) atoms. The first-order valence-corrected chi connectivity index (χ1v) is 10.9. The molecule has 0 N–H and O–H groups in total. The number of nitro benzene ring substituents is 1. The first kappa shape index (κ1) is 22.2. The van der Waals surface area contributed by atoms with Crippen LogP contribution in [-0.2, 0) is 0 Å². The monoisotopic (exact) mass is 429 g/mol. The topological polar surface area (TPSA) is 74.3 Å². The van der Waals surface area contributed by atoms with E-state index in [9.17, 15) is 10.1 Å². The van der Waals surface area contributed by atoms with Gasteiger partial charge in [-0.15, -0.1) is 0 Å². The maximum atomic E-state index is 10.7. The van der Waals surface area contributed by atoms with Crippen molar-refractivity contribution in [1.29, 1.82) is 0 Å². The van der Waals surface area contributed by atoms with Crippen LogP contribution in [0.25, 0.3) is 0 Å². The smallest absolute Gasteiger partial charge is 0.269 e. The number of halogens is 1. The SMILES string of the molecule is CCCCCCN1CCN(c2ccc(N=Nc3ccc([N+](=O)[O-])cc3)cc2Cl)CC1. The summed E-state index contributed by atoms with van der Waals surface area (Å²) in [6.07, 6.45) is 5.20. The number of piperazine rings is 1. The number of anilines is 1. The maximum absolute atomic E-state index is 10.7. The predicted molar refractivity (Wildman–Crippen MR) is 122 cm³/mol. The second kappa shape index (κ2) is 11.0. The van der Waals surface area contributed by atoms with E-state index in [1.807, 2.05) is 18.2 Å². The summed E-state index contributed by atoms with van der Waals surface area (Å²) in [5.74, 6) is 0. The van der Waals surface area contributed by atoms with E-state index in [2.05, 4.69) is 27.0 Å². The van der Waals surface area contributed by atoms with Gasteiger partial charge in [-0.3, -0.25) is 15.0 Å². The van der Waals surface area contributed by atoms with E-state index >= 15 is 0 Å². The molecule has 0 aliphatic carbocycles. The van der Waals surface area contributed by atoms with Crippen molar-refractivity contribution >= 4 is 34.4 Å². The molecular weight excluding hydrogens is 402 g/mol. The average molecular weight is 430 g/mol. The van der Waals surface area contributed by atoms with Crippen LogP contribution >= 0.6 is 11.6 Å². The van der Waals surface area contributed by atoms with E-state index in [1.165, 1.54) is 44.4 Å². The third kappa shape index (κ3) is 6.24. The van der Waals surface area contributed by atoms with Gasteiger partial charge in [-0.2, -0.15) is 10.2 Å². The molecule has 0 aromatic heterocycles. The summed E-state index contributed by atoms with van der Waals surface area (Å²) in [6, 6.07) is 11.7. The minimum Gasteiger partial charge on any atom is -0.368 e. The Morgan fingerprint density at radius 2 is 1.63 bits per heavy atom. The van der Waals surface area contributed by atoms with Crippen LogP contribution in [0.5, 0.6) is 0 Å². The average Bonchev–Trinajstić information content (AvgIpc) is 2.76. The Labute approximate surface area is 182 Å². The number of unbranched alkanes of at least 4 members (excludes halogenated alkanes) is 3. The molecule has 1 heterocycles. The predicted octanol–water partition coefficient (Wildman–Crippen LogP) is 6.37. The first-order chi connectivity index (χ1) is 14.6. The molecule has 1 saturated heterocycles. The van der Waals surface area contributed by atoms with Crippen LogP contribution in [0.4, 0.5) is 22.7 Å². The Morgan fingerprint density at radius 1 is 0.967 bits per heavy atom. The lowest BCUT2D eigenvalue weighted by Gasteiger charge is -2.36. The van der Waals surface area contributed by atoms with Crippen molar-refractivity contribution in [3.8, 4) is 0 Å². The van der Waals surface area contributed by atoms with E-state index in [1.54, 1.807) is 12.1 Å². The van der Waals surface area contributed by atoms with Crippen molar-refractivity contribution in [2.75, 3.05) is 37.6 Å². The Morgan fingerprint density at radius 3 is 2.27 bits per heavy atom. The van der Waals surface area contributed by atoms with Crippen LogP contribution in [0, 0.1) is 10.1 Å². The van der Waals surface area contributed by atoms with Gasteiger partial charge in [-0.05, 0) is 43.3 Å². The largest absolute Gasteiger partial charge is 0.368 e. The van der Waals surface area contributed by atoms with Gasteiger partial charge >= 0.3 is 0 Å². The second-order valence-electron chi connectivity index (χ2n) is 7.50. The Balaban J connectivity index is 1.54. The number of benzene rings is 2. The van der Waals surface area contributed by atoms with Crippen LogP contribution in [0.3, 0.4) is 0 Å². The molecule has 0 spiro atoms. The molecule has 1 aliphatic rings. The Kier molecular flexibility index (Phi) is 8.16. The third-order valence-corrected chi connectivity index (χ3v) is 5.62. The minimum absolute atomic E-state index is 0.0300.